The smallest absolute Gasteiger partial charge is 0.493 e. The summed E-state index contributed by atoms with van der Waals surface area (Å²) >= 11 is 0. The van der Waals surface area contributed by atoms with E-state index in [1.165, 1.54) is 30.2 Å². The lowest BCUT2D eigenvalue weighted by atomic mass is 10.0. The number of methoxy groups -OCH3 is 1. The van der Waals surface area contributed by atoms with E-state index in [0.717, 1.165) is 10.5 Å². The van der Waals surface area contributed by atoms with E-state index in [1.807, 2.05) is 0 Å². The Morgan fingerprint density at radius 2 is 1.64 bits per heavy atom. The summed E-state index contributed by atoms with van der Waals surface area (Å²) in [5, 5.41) is 11.9. The van der Waals surface area contributed by atoms with E-state index in [0.29, 0.717) is 5.57 Å². The van der Waals surface area contributed by atoms with Gasteiger partial charge in [-0.05, 0) is 73.2 Å². The number of aliphatic hydroxyl groups is 1. The molecule has 4 rings (SSSR count). The zero-order chi connectivity index (χ0) is 37.1. The van der Waals surface area contributed by atoms with Gasteiger partial charge in [0.05, 0.1) is 24.4 Å². The quantitative estimate of drug-likeness (QED) is 0.0607. The van der Waals surface area contributed by atoms with Crippen LogP contribution in [0, 0.1) is 0 Å². The van der Waals surface area contributed by atoms with E-state index in [-0.39, 0.29) is 58.2 Å². The monoisotopic (exact) mass is 710 g/mol. The lowest BCUT2D eigenvalue weighted by molar-refractivity contribution is -0.121. The van der Waals surface area contributed by atoms with Gasteiger partial charge < -0.3 is 33.8 Å². The number of amides is 2. The Labute approximate surface area is 295 Å². The first-order valence-corrected chi connectivity index (χ1v) is 19.0. The van der Waals surface area contributed by atoms with Crippen LogP contribution in [0.1, 0.15) is 84.7 Å². The van der Waals surface area contributed by atoms with Crippen molar-refractivity contribution in [1.82, 2.24) is 4.90 Å². The number of fused-ring (bicyclic) bond motifs is 2. The van der Waals surface area contributed by atoms with Gasteiger partial charge in [-0.25, -0.2) is 19.1 Å². The van der Waals surface area contributed by atoms with Gasteiger partial charge >= 0.3 is 12.2 Å². The second-order valence-corrected chi connectivity index (χ2v) is 19.7. The summed E-state index contributed by atoms with van der Waals surface area (Å²) < 4.78 is 28.0. The van der Waals surface area contributed by atoms with Crippen molar-refractivity contribution in [3.05, 3.63) is 66.4 Å². The van der Waals surface area contributed by atoms with E-state index in [1.54, 1.807) is 51.2 Å². The Morgan fingerprint density at radius 1 is 1.02 bits per heavy atom. The van der Waals surface area contributed by atoms with Crippen molar-refractivity contribution in [3.63, 3.8) is 0 Å². The van der Waals surface area contributed by atoms with Crippen LogP contribution in [-0.4, -0.2) is 68.1 Å². The van der Waals surface area contributed by atoms with Crippen LogP contribution >= 0.6 is 0 Å². The molecule has 2 amide bonds. The maximum Gasteiger partial charge on any atom is 0.514 e. The van der Waals surface area contributed by atoms with Gasteiger partial charge in [0.25, 0.3) is 14.2 Å². The third-order valence-corrected chi connectivity index (χ3v) is 14.8. The van der Waals surface area contributed by atoms with Gasteiger partial charge in [0.1, 0.15) is 18.0 Å². The van der Waals surface area contributed by atoms with Gasteiger partial charge in [0.15, 0.2) is 12.0 Å². The van der Waals surface area contributed by atoms with Gasteiger partial charge in [-0.1, -0.05) is 66.3 Å². The molecule has 0 spiro atoms. The number of carbonyl (C=O) groups excluding carboxylic acids is 3. The molecule has 13 heteroatoms. The third kappa shape index (κ3) is 7.84. The minimum absolute atomic E-state index is 0.0786. The number of anilines is 1. The Bertz CT molecular complexity index is 1590. The zero-order valence-electron chi connectivity index (χ0n) is 30.6. The summed E-state index contributed by atoms with van der Waals surface area (Å²) in [5.41, 5.74) is 1.54. The summed E-state index contributed by atoms with van der Waals surface area (Å²) in [6.45, 7) is 21.5. The first-order chi connectivity index (χ1) is 23.4. The minimum Gasteiger partial charge on any atom is -0.493 e. The standard InChI is InChI=1S/C37H50N2O10Si/c1-12-17-45-35(42)39-29-20-32(48-49-50(22(2)3,23(4)5)24(6)7)31(44-11)19-28(29)33(40)38-21-26(18-30(38)34(39)41)25-13-15-27(16-14-25)46-36(43)47-37(8,9)10/h12-16,19-24,30,34,41H,1,17-18H2,2-11H3/t30-,34?/m0/s1. The van der Waals surface area contributed by atoms with Gasteiger partial charge in [-0.3, -0.25) is 4.79 Å². The summed E-state index contributed by atoms with van der Waals surface area (Å²) in [6, 6.07) is 8.78. The number of nitrogens with zero attached hydrogens (tertiary/aromatic N) is 2. The first kappa shape index (κ1) is 38.5. The van der Waals surface area contributed by atoms with Crippen LogP contribution in [0.25, 0.3) is 5.57 Å². The molecule has 1 unspecified atom stereocenters. The highest BCUT2D eigenvalue weighted by Gasteiger charge is 2.49. The Morgan fingerprint density at radius 3 is 2.18 bits per heavy atom. The van der Waals surface area contributed by atoms with Crippen LogP contribution in [0.15, 0.2) is 55.3 Å². The second kappa shape index (κ2) is 15.3. The molecular formula is C37H50N2O10Si. The van der Waals surface area contributed by atoms with Gasteiger partial charge in [0, 0.05) is 12.3 Å². The zero-order valence-corrected chi connectivity index (χ0v) is 31.6. The van der Waals surface area contributed by atoms with E-state index in [4.69, 9.17) is 28.4 Å². The Kier molecular flexibility index (Phi) is 11.8. The Balaban J connectivity index is 1.73. The molecule has 2 atom stereocenters. The lowest BCUT2D eigenvalue weighted by Crippen LogP contribution is -2.50. The maximum absolute atomic E-state index is 14.3. The number of ether oxygens (including phenoxy) is 4. The molecular weight excluding hydrogens is 660 g/mol. The molecule has 0 aromatic heterocycles. The average Bonchev–Trinajstić information content (AvgIpc) is 3.45. The summed E-state index contributed by atoms with van der Waals surface area (Å²) in [7, 11) is -1.06. The number of rotatable bonds is 11. The normalized spacial score (nSPS) is 17.6. The molecule has 0 aliphatic carbocycles. The summed E-state index contributed by atoms with van der Waals surface area (Å²) in [6.07, 6.45) is 0.0438. The van der Waals surface area contributed by atoms with Crippen molar-refractivity contribution in [3.8, 4) is 17.2 Å². The predicted octanol–water partition coefficient (Wildman–Crippen LogP) is 8.21. The maximum atomic E-state index is 14.3. The third-order valence-electron chi connectivity index (χ3n) is 9.02. The molecule has 0 saturated carbocycles. The molecule has 2 aromatic carbocycles. The number of aliphatic hydroxyl groups excluding tert-OH is 1. The van der Waals surface area contributed by atoms with Crippen LogP contribution < -0.4 is 19.3 Å². The van der Waals surface area contributed by atoms with Crippen molar-refractivity contribution >= 4 is 37.7 Å². The lowest BCUT2D eigenvalue weighted by Gasteiger charge is -2.39. The van der Waals surface area contributed by atoms with Crippen molar-refractivity contribution in [1.29, 1.82) is 0 Å². The van der Waals surface area contributed by atoms with Crippen LogP contribution in [0.5, 0.6) is 17.2 Å². The first-order valence-electron chi connectivity index (χ1n) is 16.8. The molecule has 1 N–H and O–H groups in total. The highest BCUT2D eigenvalue weighted by Crippen LogP contribution is 2.46. The fourth-order valence-corrected chi connectivity index (χ4v) is 11.6. The predicted molar refractivity (Wildman–Crippen MR) is 192 cm³/mol. The van der Waals surface area contributed by atoms with E-state index < -0.39 is 44.3 Å². The molecule has 2 aliphatic rings. The summed E-state index contributed by atoms with van der Waals surface area (Å²) in [4.78, 5) is 48.5. The summed E-state index contributed by atoms with van der Waals surface area (Å²) in [5.74, 6) is 0.177. The second-order valence-electron chi connectivity index (χ2n) is 14.4. The largest absolute Gasteiger partial charge is 0.514 e. The number of hydrogen-bond acceptors (Lipinski definition) is 10. The molecule has 0 saturated heterocycles. The van der Waals surface area contributed by atoms with Crippen molar-refractivity contribution in [2.24, 2.45) is 0 Å². The minimum atomic E-state index is -2.51. The Hall–Kier alpha value is -4.33. The highest BCUT2D eigenvalue weighted by molar-refractivity contribution is 6.77. The number of benzene rings is 2. The molecule has 12 nitrogen and oxygen atoms in total. The molecule has 2 heterocycles. The molecule has 0 fully saturated rings. The average molecular weight is 711 g/mol. The molecule has 50 heavy (non-hydrogen) atoms. The van der Waals surface area contributed by atoms with Gasteiger partial charge in [0.2, 0.25) is 5.75 Å². The molecule has 2 aromatic rings. The van der Waals surface area contributed by atoms with Gasteiger partial charge in [-0.15, -0.1) is 0 Å². The van der Waals surface area contributed by atoms with Crippen LogP contribution in [0.4, 0.5) is 15.3 Å². The van der Waals surface area contributed by atoms with Crippen LogP contribution in [0.2, 0.25) is 16.6 Å². The van der Waals surface area contributed by atoms with Crippen molar-refractivity contribution < 1.29 is 47.9 Å². The topological polar surface area (TPSA) is 133 Å². The SMILES string of the molecule is C=CCOC(=O)N1c2cc(OO[Si](C(C)C)(C(C)C)C(C)C)c(OC)cc2C(=O)N2C=C(c3ccc(OC(=O)OC(C)(C)C)cc3)C[C@H]2C1O. The molecule has 0 radical (unpaired) electrons. The van der Waals surface area contributed by atoms with E-state index >= 15 is 0 Å². The number of hydrogen-bond donors (Lipinski definition) is 1. The van der Waals surface area contributed by atoms with E-state index in [2.05, 4.69) is 48.1 Å². The molecule has 0 bridgehead atoms. The van der Waals surface area contributed by atoms with Crippen LogP contribution in [-0.2, 0) is 14.1 Å². The fraction of sp³-hybridized carbons (Fsp3) is 0.486. The van der Waals surface area contributed by atoms with Gasteiger partial charge in [-0.2, -0.15) is 0 Å². The number of carbonyl (C=O) groups is 3. The fourth-order valence-electron chi connectivity index (χ4n) is 6.80. The van der Waals surface area contributed by atoms with Crippen molar-refractivity contribution in [2.75, 3.05) is 18.6 Å². The molecule has 272 valence electrons. The van der Waals surface area contributed by atoms with Crippen LogP contribution in [0.3, 0.4) is 0 Å². The molecule has 2 aliphatic heterocycles. The van der Waals surface area contributed by atoms with Crippen molar-refractivity contribution in [2.45, 2.75) is 103 Å². The highest BCUT2D eigenvalue weighted by atomic mass is 28.4. The van der Waals surface area contributed by atoms with E-state index in [9.17, 15) is 19.5 Å².